The van der Waals surface area contributed by atoms with Gasteiger partial charge in [-0.05, 0) is 29.1 Å². The van der Waals surface area contributed by atoms with Crippen LogP contribution in [0.4, 0.5) is 0 Å². The Morgan fingerprint density at radius 2 is 1.86 bits per heavy atom. The second kappa shape index (κ2) is 10.00. The summed E-state index contributed by atoms with van der Waals surface area (Å²) in [6.07, 6.45) is 4.80. The van der Waals surface area contributed by atoms with Gasteiger partial charge in [-0.15, -0.1) is 11.3 Å². The molecule has 8 heteroatoms. The highest BCUT2D eigenvalue weighted by molar-refractivity contribution is 7.09. The zero-order valence-corrected chi connectivity index (χ0v) is 20.2. The minimum absolute atomic E-state index is 0.00749. The average Bonchev–Trinajstić information content (AvgIpc) is 3.49. The molecule has 5 rings (SSSR count). The van der Waals surface area contributed by atoms with Crippen molar-refractivity contribution in [3.05, 3.63) is 82.8 Å². The fraction of sp³-hybridized carbons (Fsp3) is 0.333. The highest BCUT2D eigenvalue weighted by atomic mass is 32.1. The number of aromatic nitrogens is 1. The summed E-state index contributed by atoms with van der Waals surface area (Å²) in [5.74, 6) is 0.0999. The van der Waals surface area contributed by atoms with Gasteiger partial charge in [0.25, 0.3) is 0 Å². The number of benzene rings is 1. The number of nitrogens with zero attached hydrogens (tertiary/aromatic N) is 3. The molecule has 0 N–H and O–H groups in total. The van der Waals surface area contributed by atoms with E-state index >= 15 is 0 Å². The maximum absolute atomic E-state index is 13.8. The van der Waals surface area contributed by atoms with Gasteiger partial charge in [-0.3, -0.25) is 24.3 Å². The summed E-state index contributed by atoms with van der Waals surface area (Å²) in [6.45, 7) is 1.35. The lowest BCUT2D eigenvalue weighted by Gasteiger charge is -2.35. The first kappa shape index (κ1) is 23.2. The van der Waals surface area contributed by atoms with Crippen LogP contribution in [0, 0.1) is 0 Å². The molecule has 3 amide bonds. The fourth-order valence-electron chi connectivity index (χ4n) is 4.94. The summed E-state index contributed by atoms with van der Waals surface area (Å²) in [7, 11) is 0. The van der Waals surface area contributed by atoms with Gasteiger partial charge in [0.05, 0.1) is 18.2 Å². The Kier molecular flexibility index (Phi) is 6.63. The van der Waals surface area contributed by atoms with Crippen molar-refractivity contribution in [2.24, 2.45) is 0 Å². The molecule has 2 saturated heterocycles. The van der Waals surface area contributed by atoms with Crippen molar-refractivity contribution in [1.29, 1.82) is 0 Å². The SMILES string of the molecule is O=C(C[C@@]1(c2ccccc2)CC(=O)N(Cc2cccs2)C1=O)N1CCC(Oc2cccnc2)CC1. The molecule has 0 saturated carbocycles. The molecule has 7 nitrogen and oxygen atoms in total. The summed E-state index contributed by atoms with van der Waals surface area (Å²) in [5, 5.41) is 1.93. The standard InChI is InChI=1S/C27H27N3O4S/c31-24(29-13-10-21(11-14-29)34-22-8-4-12-28-18-22)16-27(20-6-2-1-3-7-20)17-25(32)30(26(27)33)19-23-9-5-15-35-23/h1-9,12,15,18,21H,10-11,13-14,16-17,19H2/t27-/m0/s1. The van der Waals surface area contributed by atoms with E-state index in [2.05, 4.69) is 4.98 Å². The fourth-order valence-corrected chi connectivity index (χ4v) is 5.64. The van der Waals surface area contributed by atoms with E-state index in [0.29, 0.717) is 25.9 Å². The summed E-state index contributed by atoms with van der Waals surface area (Å²) in [6, 6.07) is 16.8. The summed E-state index contributed by atoms with van der Waals surface area (Å²) in [4.78, 5) is 48.4. The molecular weight excluding hydrogens is 462 g/mol. The Hall–Kier alpha value is -3.52. The van der Waals surface area contributed by atoms with Crippen molar-refractivity contribution in [3.63, 3.8) is 0 Å². The number of pyridine rings is 1. The number of imide groups is 1. The van der Waals surface area contributed by atoms with E-state index in [9.17, 15) is 14.4 Å². The van der Waals surface area contributed by atoms with Crippen LogP contribution in [0.1, 0.15) is 36.1 Å². The number of carbonyl (C=O) groups is 3. The van der Waals surface area contributed by atoms with Crippen LogP contribution in [-0.2, 0) is 26.3 Å². The highest BCUT2D eigenvalue weighted by Crippen LogP contribution is 2.41. The van der Waals surface area contributed by atoms with Gasteiger partial charge >= 0.3 is 0 Å². The van der Waals surface area contributed by atoms with Crippen LogP contribution < -0.4 is 4.74 Å². The van der Waals surface area contributed by atoms with Gasteiger partial charge in [0.15, 0.2) is 0 Å². The van der Waals surface area contributed by atoms with E-state index in [4.69, 9.17) is 4.74 Å². The van der Waals surface area contributed by atoms with E-state index in [0.717, 1.165) is 16.2 Å². The monoisotopic (exact) mass is 489 g/mol. The molecule has 0 spiro atoms. The van der Waals surface area contributed by atoms with E-state index in [1.54, 1.807) is 17.3 Å². The van der Waals surface area contributed by atoms with E-state index in [1.165, 1.54) is 16.2 Å². The van der Waals surface area contributed by atoms with Gasteiger partial charge in [0, 0.05) is 49.8 Å². The molecule has 35 heavy (non-hydrogen) atoms. The molecule has 0 radical (unpaired) electrons. The van der Waals surface area contributed by atoms with Crippen molar-refractivity contribution in [2.75, 3.05) is 13.1 Å². The second-order valence-corrected chi connectivity index (χ2v) is 10.1. The number of rotatable bonds is 7. The number of amides is 3. The summed E-state index contributed by atoms with van der Waals surface area (Å²) in [5.41, 5.74) is -0.453. The van der Waals surface area contributed by atoms with Crippen molar-refractivity contribution in [1.82, 2.24) is 14.8 Å². The van der Waals surface area contributed by atoms with Crippen LogP contribution >= 0.6 is 11.3 Å². The molecule has 0 unspecified atom stereocenters. The molecule has 2 aliphatic heterocycles. The Morgan fingerprint density at radius 3 is 2.54 bits per heavy atom. The van der Waals surface area contributed by atoms with Crippen LogP contribution in [0.25, 0.3) is 0 Å². The molecule has 1 aromatic carbocycles. The third kappa shape index (κ3) is 4.84. The number of hydrogen-bond donors (Lipinski definition) is 0. The molecule has 2 fully saturated rings. The minimum atomic E-state index is -1.17. The normalized spacial score (nSPS) is 20.9. The smallest absolute Gasteiger partial charge is 0.241 e. The Morgan fingerprint density at radius 1 is 1.06 bits per heavy atom. The van der Waals surface area contributed by atoms with Crippen LogP contribution in [0.15, 0.2) is 72.4 Å². The van der Waals surface area contributed by atoms with Gasteiger partial charge in [-0.25, -0.2) is 0 Å². The first-order valence-corrected chi connectivity index (χ1v) is 12.7. The van der Waals surface area contributed by atoms with Crippen molar-refractivity contribution in [3.8, 4) is 5.75 Å². The molecule has 3 aromatic rings. The predicted octanol–water partition coefficient (Wildman–Crippen LogP) is 3.80. The lowest BCUT2D eigenvalue weighted by molar-refractivity contribution is -0.143. The Labute approximate surface area is 208 Å². The minimum Gasteiger partial charge on any atom is -0.489 e. The molecule has 180 valence electrons. The first-order valence-electron chi connectivity index (χ1n) is 11.8. The quantitative estimate of drug-likeness (QED) is 0.472. The van der Waals surface area contributed by atoms with Gasteiger partial charge in [-0.1, -0.05) is 36.4 Å². The first-order chi connectivity index (χ1) is 17.0. The number of likely N-dealkylation sites (tertiary alicyclic amines) is 2. The number of piperidine rings is 1. The number of carbonyl (C=O) groups excluding carboxylic acids is 3. The lowest BCUT2D eigenvalue weighted by Crippen LogP contribution is -2.46. The molecule has 0 bridgehead atoms. The van der Waals surface area contributed by atoms with Gasteiger partial charge in [0.2, 0.25) is 17.7 Å². The third-order valence-corrected chi connectivity index (χ3v) is 7.68. The van der Waals surface area contributed by atoms with E-state index < -0.39 is 5.41 Å². The Balaban J connectivity index is 1.30. The van der Waals surface area contributed by atoms with Crippen LogP contribution in [0.3, 0.4) is 0 Å². The molecule has 2 aromatic heterocycles. The topological polar surface area (TPSA) is 79.8 Å². The summed E-state index contributed by atoms with van der Waals surface area (Å²) >= 11 is 1.51. The van der Waals surface area contributed by atoms with E-state index in [1.807, 2.05) is 60.0 Å². The van der Waals surface area contributed by atoms with Crippen molar-refractivity contribution < 1.29 is 19.1 Å². The van der Waals surface area contributed by atoms with Crippen LogP contribution in [0.5, 0.6) is 5.75 Å². The zero-order valence-electron chi connectivity index (χ0n) is 19.3. The Bertz CT molecular complexity index is 1180. The van der Waals surface area contributed by atoms with Crippen molar-refractivity contribution >= 4 is 29.1 Å². The molecule has 0 aliphatic carbocycles. The summed E-state index contributed by atoms with van der Waals surface area (Å²) < 4.78 is 6.00. The predicted molar refractivity (Wildman–Crippen MR) is 132 cm³/mol. The zero-order chi connectivity index (χ0) is 24.3. The largest absolute Gasteiger partial charge is 0.489 e. The number of thiophene rings is 1. The second-order valence-electron chi connectivity index (χ2n) is 9.05. The van der Waals surface area contributed by atoms with Gasteiger partial charge in [-0.2, -0.15) is 0 Å². The third-order valence-electron chi connectivity index (χ3n) is 6.81. The van der Waals surface area contributed by atoms with Crippen molar-refractivity contribution in [2.45, 2.75) is 43.7 Å². The van der Waals surface area contributed by atoms with Crippen LogP contribution in [0.2, 0.25) is 0 Å². The lowest BCUT2D eigenvalue weighted by atomic mass is 9.75. The van der Waals surface area contributed by atoms with Crippen LogP contribution in [-0.4, -0.2) is 51.7 Å². The van der Waals surface area contributed by atoms with E-state index in [-0.39, 0.29) is 43.2 Å². The molecular formula is C27H27N3O4S. The van der Waals surface area contributed by atoms with Gasteiger partial charge < -0.3 is 9.64 Å². The maximum Gasteiger partial charge on any atom is 0.241 e. The molecule has 2 aliphatic rings. The average molecular weight is 490 g/mol. The molecule has 1 atom stereocenters. The van der Waals surface area contributed by atoms with Gasteiger partial charge in [0.1, 0.15) is 11.9 Å². The maximum atomic E-state index is 13.8. The number of ether oxygens (including phenoxy) is 1. The highest BCUT2D eigenvalue weighted by Gasteiger charge is 2.54. The molecule has 4 heterocycles. The number of hydrogen-bond acceptors (Lipinski definition) is 6.